The van der Waals surface area contributed by atoms with Crippen LogP contribution in [0.25, 0.3) is 0 Å². The molecule has 0 atom stereocenters. The normalized spacial score (nSPS) is 22.1. The monoisotopic (exact) mass is 266 g/mol. The molecule has 1 N–H and O–H groups in total. The molecule has 0 spiro atoms. The zero-order valence-electron chi connectivity index (χ0n) is 12.5. The van der Waals surface area contributed by atoms with Crippen LogP contribution in [0.4, 0.5) is 0 Å². The van der Waals surface area contributed by atoms with E-state index in [9.17, 15) is 4.79 Å². The van der Waals surface area contributed by atoms with Gasteiger partial charge in [-0.05, 0) is 44.2 Å². The van der Waals surface area contributed by atoms with E-state index in [1.165, 1.54) is 38.5 Å². The summed E-state index contributed by atoms with van der Waals surface area (Å²) in [5.74, 6) is 2.03. The zero-order valence-corrected chi connectivity index (χ0v) is 12.5. The number of piperidine rings is 1. The van der Waals surface area contributed by atoms with Gasteiger partial charge >= 0.3 is 0 Å². The van der Waals surface area contributed by atoms with Crippen LogP contribution in [0.15, 0.2) is 0 Å². The van der Waals surface area contributed by atoms with Gasteiger partial charge in [0.2, 0.25) is 5.91 Å². The van der Waals surface area contributed by atoms with Crippen molar-refractivity contribution in [3.8, 4) is 0 Å². The molecule has 110 valence electrons. The summed E-state index contributed by atoms with van der Waals surface area (Å²) in [5, 5.41) is 3.42. The predicted octanol–water partition coefficient (Wildman–Crippen LogP) is 2.80. The minimum atomic E-state index is 0.411. The summed E-state index contributed by atoms with van der Waals surface area (Å²) in [7, 11) is 0. The highest BCUT2D eigenvalue weighted by atomic mass is 16.2. The van der Waals surface area contributed by atoms with E-state index in [2.05, 4.69) is 17.1 Å². The molecule has 0 unspecified atom stereocenters. The fourth-order valence-corrected chi connectivity index (χ4v) is 3.52. The summed E-state index contributed by atoms with van der Waals surface area (Å²) >= 11 is 0. The Kier molecular flexibility index (Phi) is 6.15. The predicted molar refractivity (Wildman–Crippen MR) is 79.0 cm³/mol. The maximum absolute atomic E-state index is 12.2. The summed E-state index contributed by atoms with van der Waals surface area (Å²) in [6.45, 7) is 6.31. The first-order chi connectivity index (χ1) is 9.29. The van der Waals surface area contributed by atoms with Crippen LogP contribution >= 0.6 is 0 Å². The molecule has 1 saturated carbocycles. The summed E-state index contributed by atoms with van der Waals surface area (Å²) in [5.41, 5.74) is 0. The lowest BCUT2D eigenvalue weighted by molar-refractivity contribution is -0.132. The SMILES string of the molecule is CCNCC1CCN(C(=O)CCC2CCCC2)CC1. The van der Waals surface area contributed by atoms with Gasteiger partial charge in [0.05, 0.1) is 0 Å². The fraction of sp³-hybridized carbons (Fsp3) is 0.938. The Labute approximate surface area is 118 Å². The van der Waals surface area contributed by atoms with Gasteiger partial charge in [-0.15, -0.1) is 0 Å². The molecular weight excluding hydrogens is 236 g/mol. The molecule has 0 aromatic heterocycles. The van der Waals surface area contributed by atoms with Crippen LogP contribution in [0.2, 0.25) is 0 Å². The number of likely N-dealkylation sites (tertiary alicyclic amines) is 1. The van der Waals surface area contributed by atoms with E-state index in [4.69, 9.17) is 0 Å². The average Bonchev–Trinajstić information content (AvgIpc) is 2.96. The van der Waals surface area contributed by atoms with Crippen molar-refractivity contribution in [1.29, 1.82) is 0 Å². The fourth-order valence-electron chi connectivity index (χ4n) is 3.52. The lowest BCUT2D eigenvalue weighted by Gasteiger charge is -2.32. The van der Waals surface area contributed by atoms with Crippen molar-refractivity contribution in [2.75, 3.05) is 26.2 Å². The van der Waals surface area contributed by atoms with Crippen molar-refractivity contribution < 1.29 is 4.79 Å². The molecule has 19 heavy (non-hydrogen) atoms. The second-order valence-corrected chi connectivity index (χ2v) is 6.32. The van der Waals surface area contributed by atoms with Gasteiger partial charge in [0.1, 0.15) is 0 Å². The highest BCUT2D eigenvalue weighted by molar-refractivity contribution is 5.76. The van der Waals surface area contributed by atoms with E-state index < -0.39 is 0 Å². The number of nitrogens with zero attached hydrogens (tertiary/aromatic N) is 1. The van der Waals surface area contributed by atoms with Crippen LogP contribution in [0.5, 0.6) is 0 Å². The number of amides is 1. The Hall–Kier alpha value is -0.570. The second-order valence-electron chi connectivity index (χ2n) is 6.32. The molecule has 3 heteroatoms. The van der Waals surface area contributed by atoms with Gasteiger partial charge in [0, 0.05) is 19.5 Å². The van der Waals surface area contributed by atoms with E-state index >= 15 is 0 Å². The average molecular weight is 266 g/mol. The van der Waals surface area contributed by atoms with Crippen molar-refractivity contribution in [2.45, 2.75) is 58.3 Å². The molecule has 1 heterocycles. The molecule has 0 aromatic rings. The maximum atomic E-state index is 12.2. The molecule has 0 bridgehead atoms. The third-order valence-corrected chi connectivity index (χ3v) is 4.89. The molecule has 1 aliphatic carbocycles. The first-order valence-corrected chi connectivity index (χ1v) is 8.28. The Bertz CT molecular complexity index is 266. The Morgan fingerprint density at radius 3 is 2.42 bits per heavy atom. The van der Waals surface area contributed by atoms with E-state index in [1.54, 1.807) is 0 Å². The van der Waals surface area contributed by atoms with Crippen molar-refractivity contribution >= 4 is 5.91 Å². The number of nitrogens with one attached hydrogen (secondary N) is 1. The molecule has 2 fully saturated rings. The molecule has 3 nitrogen and oxygen atoms in total. The highest BCUT2D eigenvalue weighted by Gasteiger charge is 2.23. The van der Waals surface area contributed by atoms with Crippen LogP contribution in [0, 0.1) is 11.8 Å². The lowest BCUT2D eigenvalue weighted by atomic mass is 9.95. The number of carbonyl (C=O) groups is 1. The maximum Gasteiger partial charge on any atom is 0.222 e. The van der Waals surface area contributed by atoms with Crippen LogP contribution in [-0.2, 0) is 4.79 Å². The zero-order chi connectivity index (χ0) is 13.5. The van der Waals surface area contributed by atoms with Crippen molar-refractivity contribution in [3.63, 3.8) is 0 Å². The summed E-state index contributed by atoms with van der Waals surface area (Å²) in [4.78, 5) is 14.3. The first-order valence-electron chi connectivity index (χ1n) is 8.28. The number of carbonyl (C=O) groups excluding carboxylic acids is 1. The molecule has 1 amide bonds. The van der Waals surface area contributed by atoms with Crippen molar-refractivity contribution in [3.05, 3.63) is 0 Å². The molecule has 1 aliphatic heterocycles. The van der Waals surface area contributed by atoms with Gasteiger partial charge < -0.3 is 10.2 Å². The molecule has 0 radical (unpaired) electrons. The molecule has 2 rings (SSSR count). The van der Waals surface area contributed by atoms with Crippen LogP contribution in [-0.4, -0.2) is 37.0 Å². The molecule has 1 saturated heterocycles. The Balaban J connectivity index is 1.61. The summed E-state index contributed by atoms with van der Waals surface area (Å²) < 4.78 is 0. The minimum absolute atomic E-state index is 0.411. The van der Waals surface area contributed by atoms with E-state index in [1.807, 2.05) is 0 Å². The van der Waals surface area contributed by atoms with Crippen molar-refractivity contribution in [1.82, 2.24) is 10.2 Å². The van der Waals surface area contributed by atoms with E-state index in [-0.39, 0.29) is 0 Å². The van der Waals surface area contributed by atoms with Gasteiger partial charge in [-0.2, -0.15) is 0 Å². The van der Waals surface area contributed by atoms with Gasteiger partial charge in [-0.25, -0.2) is 0 Å². The molecule has 2 aliphatic rings. The van der Waals surface area contributed by atoms with Gasteiger partial charge in [0.25, 0.3) is 0 Å². The van der Waals surface area contributed by atoms with Gasteiger partial charge in [-0.1, -0.05) is 32.6 Å². The smallest absolute Gasteiger partial charge is 0.222 e. The Morgan fingerprint density at radius 1 is 1.11 bits per heavy atom. The van der Waals surface area contributed by atoms with Crippen LogP contribution < -0.4 is 5.32 Å². The lowest BCUT2D eigenvalue weighted by Crippen LogP contribution is -2.40. The third kappa shape index (κ3) is 4.79. The number of hydrogen-bond acceptors (Lipinski definition) is 2. The largest absolute Gasteiger partial charge is 0.343 e. The molecular formula is C16H30N2O. The third-order valence-electron chi connectivity index (χ3n) is 4.89. The Morgan fingerprint density at radius 2 is 1.79 bits per heavy atom. The molecule has 0 aromatic carbocycles. The van der Waals surface area contributed by atoms with Gasteiger partial charge in [-0.3, -0.25) is 4.79 Å². The van der Waals surface area contributed by atoms with E-state index in [0.717, 1.165) is 50.9 Å². The van der Waals surface area contributed by atoms with Crippen LogP contribution in [0.1, 0.15) is 58.3 Å². The first kappa shape index (κ1) is 14.8. The van der Waals surface area contributed by atoms with Crippen molar-refractivity contribution in [2.24, 2.45) is 11.8 Å². The summed E-state index contributed by atoms with van der Waals surface area (Å²) in [6, 6.07) is 0. The highest BCUT2D eigenvalue weighted by Crippen LogP contribution is 2.29. The van der Waals surface area contributed by atoms with Crippen LogP contribution in [0.3, 0.4) is 0 Å². The van der Waals surface area contributed by atoms with Gasteiger partial charge in [0.15, 0.2) is 0 Å². The quantitative estimate of drug-likeness (QED) is 0.802. The second kappa shape index (κ2) is 7.88. The number of hydrogen-bond donors (Lipinski definition) is 1. The number of rotatable bonds is 6. The standard InChI is InChI=1S/C16H30N2O/c1-2-17-13-15-9-11-18(12-10-15)16(19)8-7-14-5-3-4-6-14/h14-15,17H,2-13H2,1H3. The topological polar surface area (TPSA) is 32.3 Å². The van der Waals surface area contributed by atoms with E-state index in [0.29, 0.717) is 5.91 Å². The summed E-state index contributed by atoms with van der Waals surface area (Å²) in [6.07, 6.45) is 9.78. The minimum Gasteiger partial charge on any atom is -0.343 e.